The predicted molar refractivity (Wildman–Crippen MR) is 87.7 cm³/mol. The van der Waals surface area contributed by atoms with Crippen LogP contribution in [-0.2, 0) is 12.8 Å². The average molecular weight is 262 g/mol. The Morgan fingerprint density at radius 3 is 2.05 bits per heavy atom. The lowest BCUT2D eigenvalue weighted by molar-refractivity contribution is 0.659. The molecule has 0 saturated carbocycles. The summed E-state index contributed by atoms with van der Waals surface area (Å²) < 4.78 is 0. The zero-order chi connectivity index (χ0) is 14.2. The predicted octanol–water partition coefficient (Wildman–Crippen LogP) is 5.22. The van der Waals surface area contributed by atoms with Crippen LogP contribution in [0, 0.1) is 5.92 Å². The molecule has 0 amide bonds. The molecule has 2 rings (SSSR count). The second-order valence-electron chi connectivity index (χ2n) is 5.23. The van der Waals surface area contributed by atoms with Gasteiger partial charge in [0.2, 0.25) is 0 Å². The maximum absolute atomic E-state index is 3.86. The van der Waals surface area contributed by atoms with E-state index >= 15 is 0 Å². The molecule has 1 unspecified atom stereocenters. The second-order valence-corrected chi connectivity index (χ2v) is 5.23. The SMILES string of the molecule is C=C/C=C(\Cc1ccccc1)C(C)Cc1ccccc1. The molecular formula is C20H22. The smallest absolute Gasteiger partial charge is 0.00612 e. The minimum absolute atomic E-state index is 0.524. The zero-order valence-corrected chi connectivity index (χ0v) is 12.1. The maximum atomic E-state index is 3.86. The molecule has 0 heteroatoms. The van der Waals surface area contributed by atoms with Gasteiger partial charge in [0.1, 0.15) is 0 Å². The highest BCUT2D eigenvalue weighted by Crippen LogP contribution is 2.21. The summed E-state index contributed by atoms with van der Waals surface area (Å²) in [5.41, 5.74) is 4.19. The van der Waals surface area contributed by atoms with Crippen molar-refractivity contribution in [1.29, 1.82) is 0 Å². The summed E-state index contributed by atoms with van der Waals surface area (Å²) >= 11 is 0. The van der Waals surface area contributed by atoms with Gasteiger partial charge in [-0.1, -0.05) is 91.9 Å². The number of allylic oxidation sites excluding steroid dienone is 3. The van der Waals surface area contributed by atoms with E-state index in [-0.39, 0.29) is 0 Å². The number of benzene rings is 2. The van der Waals surface area contributed by atoms with Crippen molar-refractivity contribution < 1.29 is 0 Å². The molecule has 102 valence electrons. The zero-order valence-electron chi connectivity index (χ0n) is 12.1. The van der Waals surface area contributed by atoms with E-state index in [1.807, 2.05) is 6.08 Å². The van der Waals surface area contributed by atoms with E-state index < -0.39 is 0 Å². The molecule has 2 aromatic carbocycles. The van der Waals surface area contributed by atoms with Gasteiger partial charge < -0.3 is 0 Å². The van der Waals surface area contributed by atoms with Gasteiger partial charge in [-0.3, -0.25) is 0 Å². The summed E-state index contributed by atoms with van der Waals surface area (Å²) in [6.45, 7) is 6.15. The molecule has 0 aliphatic heterocycles. The molecule has 0 aliphatic rings. The minimum Gasteiger partial charge on any atom is -0.0991 e. The largest absolute Gasteiger partial charge is 0.0991 e. The first-order valence-electron chi connectivity index (χ1n) is 7.19. The summed E-state index contributed by atoms with van der Waals surface area (Å²) in [6.07, 6.45) is 6.15. The number of hydrogen-bond acceptors (Lipinski definition) is 0. The third-order valence-electron chi connectivity index (χ3n) is 3.60. The summed E-state index contributed by atoms with van der Waals surface area (Å²) in [7, 11) is 0. The van der Waals surface area contributed by atoms with Gasteiger partial charge >= 0.3 is 0 Å². The summed E-state index contributed by atoms with van der Waals surface area (Å²) in [5, 5.41) is 0. The normalized spacial score (nSPS) is 12.9. The lowest BCUT2D eigenvalue weighted by Crippen LogP contribution is -2.06. The third kappa shape index (κ3) is 4.24. The first-order chi connectivity index (χ1) is 9.79. The van der Waals surface area contributed by atoms with Gasteiger partial charge in [0, 0.05) is 0 Å². The van der Waals surface area contributed by atoms with Crippen molar-refractivity contribution in [3.8, 4) is 0 Å². The highest BCUT2D eigenvalue weighted by atomic mass is 14.1. The Bertz CT molecular complexity index is 549. The fourth-order valence-corrected chi connectivity index (χ4v) is 2.48. The van der Waals surface area contributed by atoms with Crippen LogP contribution in [0.1, 0.15) is 18.1 Å². The minimum atomic E-state index is 0.524. The molecule has 0 nitrogen and oxygen atoms in total. The standard InChI is InChI=1S/C20H22/c1-3-10-20(16-19-13-8-5-9-14-19)17(2)15-18-11-6-4-7-12-18/h3-14,17H,1,15-16H2,2H3/b20-10+. The molecule has 0 fully saturated rings. The van der Waals surface area contributed by atoms with Crippen molar-refractivity contribution in [3.05, 3.63) is 96.1 Å². The molecule has 0 saturated heterocycles. The highest BCUT2D eigenvalue weighted by Gasteiger charge is 2.10. The number of hydrogen-bond donors (Lipinski definition) is 0. The van der Waals surface area contributed by atoms with E-state index in [0.717, 1.165) is 12.8 Å². The average Bonchev–Trinajstić information content (AvgIpc) is 2.49. The Hall–Kier alpha value is -2.08. The van der Waals surface area contributed by atoms with Crippen LogP contribution in [-0.4, -0.2) is 0 Å². The molecule has 2 aromatic rings. The fourth-order valence-electron chi connectivity index (χ4n) is 2.48. The van der Waals surface area contributed by atoms with Crippen LogP contribution in [0.25, 0.3) is 0 Å². The second kappa shape index (κ2) is 7.49. The van der Waals surface area contributed by atoms with E-state index in [9.17, 15) is 0 Å². The van der Waals surface area contributed by atoms with Crippen LogP contribution in [0.5, 0.6) is 0 Å². The Morgan fingerprint density at radius 1 is 0.950 bits per heavy atom. The van der Waals surface area contributed by atoms with Crippen LogP contribution in [0.3, 0.4) is 0 Å². The first-order valence-corrected chi connectivity index (χ1v) is 7.19. The molecule has 0 spiro atoms. The molecule has 0 aromatic heterocycles. The molecule has 1 atom stereocenters. The van der Waals surface area contributed by atoms with Crippen molar-refractivity contribution in [2.45, 2.75) is 19.8 Å². The van der Waals surface area contributed by atoms with Gasteiger partial charge in [0.05, 0.1) is 0 Å². The van der Waals surface area contributed by atoms with Crippen LogP contribution in [0.4, 0.5) is 0 Å². The van der Waals surface area contributed by atoms with Gasteiger partial charge in [0.15, 0.2) is 0 Å². The molecule has 0 radical (unpaired) electrons. The van der Waals surface area contributed by atoms with Gasteiger partial charge in [-0.05, 0) is 29.9 Å². The van der Waals surface area contributed by atoms with Crippen molar-refractivity contribution >= 4 is 0 Å². The monoisotopic (exact) mass is 262 g/mol. The lowest BCUT2D eigenvalue weighted by Gasteiger charge is -2.16. The van der Waals surface area contributed by atoms with Gasteiger partial charge in [-0.15, -0.1) is 0 Å². The van der Waals surface area contributed by atoms with Crippen LogP contribution in [0.15, 0.2) is 85.0 Å². The summed E-state index contributed by atoms with van der Waals surface area (Å²) in [5.74, 6) is 0.524. The fraction of sp³-hybridized carbons (Fsp3) is 0.200. The topological polar surface area (TPSA) is 0 Å². The summed E-state index contributed by atoms with van der Waals surface area (Å²) in [4.78, 5) is 0. The van der Waals surface area contributed by atoms with Crippen molar-refractivity contribution in [2.24, 2.45) is 5.92 Å². The maximum Gasteiger partial charge on any atom is -0.00612 e. The first kappa shape index (κ1) is 14.3. The Labute approximate surface area is 122 Å². The van der Waals surface area contributed by atoms with Crippen molar-refractivity contribution in [3.63, 3.8) is 0 Å². The molecule has 20 heavy (non-hydrogen) atoms. The van der Waals surface area contributed by atoms with E-state index in [1.54, 1.807) is 0 Å². The van der Waals surface area contributed by atoms with Gasteiger partial charge in [-0.25, -0.2) is 0 Å². The quantitative estimate of drug-likeness (QED) is 0.626. The van der Waals surface area contributed by atoms with Crippen LogP contribution >= 0.6 is 0 Å². The van der Waals surface area contributed by atoms with Gasteiger partial charge in [-0.2, -0.15) is 0 Å². The molecule has 0 aliphatic carbocycles. The van der Waals surface area contributed by atoms with Crippen LogP contribution < -0.4 is 0 Å². The number of rotatable bonds is 6. The van der Waals surface area contributed by atoms with E-state index in [4.69, 9.17) is 0 Å². The molecule has 0 heterocycles. The lowest BCUT2D eigenvalue weighted by atomic mass is 9.89. The van der Waals surface area contributed by atoms with Gasteiger partial charge in [0.25, 0.3) is 0 Å². The Balaban J connectivity index is 2.09. The molecular weight excluding hydrogens is 240 g/mol. The molecule has 0 N–H and O–H groups in total. The van der Waals surface area contributed by atoms with Crippen molar-refractivity contribution in [1.82, 2.24) is 0 Å². The van der Waals surface area contributed by atoms with E-state index in [0.29, 0.717) is 5.92 Å². The third-order valence-corrected chi connectivity index (χ3v) is 3.60. The highest BCUT2D eigenvalue weighted by molar-refractivity contribution is 5.27. The Morgan fingerprint density at radius 2 is 1.50 bits per heavy atom. The van der Waals surface area contributed by atoms with Crippen LogP contribution in [0.2, 0.25) is 0 Å². The Kier molecular flexibility index (Phi) is 5.37. The summed E-state index contributed by atoms with van der Waals surface area (Å²) in [6, 6.07) is 21.3. The molecule has 0 bridgehead atoms. The van der Waals surface area contributed by atoms with Crippen molar-refractivity contribution in [2.75, 3.05) is 0 Å². The van der Waals surface area contributed by atoms with E-state index in [2.05, 4.69) is 80.2 Å². The van der Waals surface area contributed by atoms with E-state index in [1.165, 1.54) is 16.7 Å².